The number of ether oxygens (including phenoxy) is 2. The van der Waals surface area contributed by atoms with E-state index < -0.39 is 0 Å². The van der Waals surface area contributed by atoms with Crippen LogP contribution in [0.5, 0.6) is 11.5 Å². The van der Waals surface area contributed by atoms with E-state index in [-0.39, 0.29) is 17.4 Å². The molecular formula is C15H22N2O3. The molecule has 0 radical (unpaired) electrons. The van der Waals surface area contributed by atoms with Crippen LogP contribution in [0.1, 0.15) is 31.4 Å². The van der Waals surface area contributed by atoms with Crippen molar-refractivity contribution in [1.82, 2.24) is 5.32 Å². The number of nitrogens with two attached hydrogens (primary N) is 1. The Kier molecular flexibility index (Phi) is 4.18. The maximum atomic E-state index is 12.2. The fourth-order valence-corrected chi connectivity index (χ4v) is 2.28. The number of hydrogen-bond donors (Lipinski definition) is 2. The van der Waals surface area contributed by atoms with Crippen molar-refractivity contribution < 1.29 is 14.3 Å². The monoisotopic (exact) mass is 278 g/mol. The number of rotatable bonds is 6. The van der Waals surface area contributed by atoms with E-state index in [4.69, 9.17) is 15.2 Å². The van der Waals surface area contributed by atoms with Crippen LogP contribution in [0, 0.1) is 5.41 Å². The van der Waals surface area contributed by atoms with Gasteiger partial charge in [0.1, 0.15) is 11.5 Å². The lowest BCUT2D eigenvalue weighted by atomic mass is 10.0. The van der Waals surface area contributed by atoms with Gasteiger partial charge in [0.25, 0.3) is 0 Å². The predicted octanol–water partition coefficient (Wildman–Crippen LogP) is 1.62. The highest BCUT2D eigenvalue weighted by molar-refractivity contribution is 5.86. The van der Waals surface area contributed by atoms with Crippen molar-refractivity contribution in [2.75, 3.05) is 20.8 Å². The van der Waals surface area contributed by atoms with E-state index in [0.29, 0.717) is 6.54 Å². The zero-order chi connectivity index (χ0) is 14.8. The zero-order valence-electron chi connectivity index (χ0n) is 12.2. The Morgan fingerprint density at radius 3 is 2.60 bits per heavy atom. The van der Waals surface area contributed by atoms with Gasteiger partial charge >= 0.3 is 0 Å². The molecule has 1 aromatic rings. The predicted molar refractivity (Wildman–Crippen MR) is 76.8 cm³/mol. The van der Waals surface area contributed by atoms with E-state index in [1.165, 1.54) is 0 Å². The highest BCUT2D eigenvalue weighted by Crippen LogP contribution is 2.45. The maximum absolute atomic E-state index is 12.2. The first-order valence-electron chi connectivity index (χ1n) is 6.79. The Hall–Kier alpha value is -1.75. The van der Waals surface area contributed by atoms with Crippen molar-refractivity contribution >= 4 is 5.91 Å². The molecule has 1 unspecified atom stereocenters. The fraction of sp³-hybridized carbons (Fsp3) is 0.533. The van der Waals surface area contributed by atoms with Gasteiger partial charge in [-0.25, -0.2) is 0 Å². The summed E-state index contributed by atoms with van der Waals surface area (Å²) in [5, 5.41) is 3.02. The number of nitrogens with one attached hydrogen (secondary N) is 1. The first kappa shape index (κ1) is 14.7. The van der Waals surface area contributed by atoms with Crippen molar-refractivity contribution in [2.45, 2.75) is 25.8 Å². The van der Waals surface area contributed by atoms with Gasteiger partial charge in [-0.15, -0.1) is 0 Å². The van der Waals surface area contributed by atoms with Gasteiger partial charge < -0.3 is 20.5 Å². The molecule has 1 fully saturated rings. The van der Waals surface area contributed by atoms with Gasteiger partial charge in [-0.1, -0.05) is 0 Å². The molecule has 1 aliphatic rings. The maximum Gasteiger partial charge on any atom is 0.227 e. The van der Waals surface area contributed by atoms with Crippen LogP contribution >= 0.6 is 0 Å². The van der Waals surface area contributed by atoms with Gasteiger partial charge in [0, 0.05) is 12.1 Å². The molecule has 5 nitrogen and oxygen atoms in total. The van der Waals surface area contributed by atoms with Crippen LogP contribution in [0.4, 0.5) is 0 Å². The van der Waals surface area contributed by atoms with Crippen molar-refractivity contribution in [3.63, 3.8) is 0 Å². The Morgan fingerprint density at radius 2 is 2.10 bits per heavy atom. The lowest BCUT2D eigenvalue weighted by molar-refractivity contribution is -0.126. The van der Waals surface area contributed by atoms with Crippen molar-refractivity contribution in [1.29, 1.82) is 0 Å². The highest BCUT2D eigenvalue weighted by atomic mass is 16.5. The molecule has 1 aromatic carbocycles. The number of benzene rings is 1. The highest BCUT2D eigenvalue weighted by Gasteiger charge is 2.48. The van der Waals surface area contributed by atoms with Crippen LogP contribution in [0.2, 0.25) is 0 Å². The number of carbonyl (C=O) groups is 1. The van der Waals surface area contributed by atoms with E-state index in [1.54, 1.807) is 14.2 Å². The molecule has 0 aliphatic heterocycles. The average molecular weight is 278 g/mol. The summed E-state index contributed by atoms with van der Waals surface area (Å²) in [4.78, 5) is 12.2. The summed E-state index contributed by atoms with van der Waals surface area (Å²) in [6, 6.07) is 5.40. The van der Waals surface area contributed by atoms with Crippen LogP contribution in [0.15, 0.2) is 18.2 Å². The van der Waals surface area contributed by atoms with Crippen molar-refractivity contribution in [2.24, 2.45) is 11.1 Å². The number of methoxy groups -OCH3 is 2. The summed E-state index contributed by atoms with van der Waals surface area (Å²) >= 11 is 0. The minimum Gasteiger partial charge on any atom is -0.497 e. The normalized spacial score (nSPS) is 17.2. The van der Waals surface area contributed by atoms with Gasteiger partial charge in [0.15, 0.2) is 0 Å². The van der Waals surface area contributed by atoms with E-state index in [1.807, 2.05) is 25.1 Å². The quantitative estimate of drug-likeness (QED) is 0.829. The molecule has 0 heterocycles. The molecule has 1 saturated carbocycles. The Bertz CT molecular complexity index is 498. The van der Waals surface area contributed by atoms with Crippen LogP contribution in [-0.4, -0.2) is 26.7 Å². The molecule has 1 amide bonds. The molecule has 110 valence electrons. The second kappa shape index (κ2) is 5.71. The van der Waals surface area contributed by atoms with Crippen LogP contribution in [0.25, 0.3) is 0 Å². The first-order chi connectivity index (χ1) is 9.56. The second-order valence-corrected chi connectivity index (χ2v) is 5.29. The van der Waals surface area contributed by atoms with Crippen molar-refractivity contribution in [3.8, 4) is 11.5 Å². The fourth-order valence-electron chi connectivity index (χ4n) is 2.28. The lowest BCUT2D eigenvalue weighted by Gasteiger charge is -2.21. The molecule has 1 aliphatic carbocycles. The summed E-state index contributed by atoms with van der Waals surface area (Å²) in [7, 11) is 3.23. The molecule has 0 spiro atoms. The summed E-state index contributed by atoms with van der Waals surface area (Å²) < 4.78 is 10.6. The standard InChI is InChI=1S/C15H22N2O3/c1-10(17-14(18)15(9-16)6-7-15)12-8-11(19-2)4-5-13(12)20-3/h4-5,8,10H,6-7,9,16H2,1-3H3,(H,17,18). The number of carbonyl (C=O) groups excluding carboxylic acids is 1. The van der Waals surface area contributed by atoms with E-state index in [2.05, 4.69) is 5.32 Å². The zero-order valence-corrected chi connectivity index (χ0v) is 12.2. The Labute approximate surface area is 119 Å². The van der Waals surface area contributed by atoms with Crippen LogP contribution in [-0.2, 0) is 4.79 Å². The number of amides is 1. The Balaban J connectivity index is 2.15. The molecule has 2 rings (SSSR count). The second-order valence-electron chi connectivity index (χ2n) is 5.29. The molecule has 5 heteroatoms. The SMILES string of the molecule is COc1ccc(OC)c(C(C)NC(=O)C2(CN)CC2)c1. The molecule has 0 aromatic heterocycles. The molecule has 20 heavy (non-hydrogen) atoms. The molecule has 0 bridgehead atoms. The Morgan fingerprint density at radius 1 is 1.40 bits per heavy atom. The van der Waals surface area contributed by atoms with Gasteiger partial charge in [0.2, 0.25) is 5.91 Å². The van der Waals surface area contributed by atoms with Gasteiger partial charge in [-0.05, 0) is 38.0 Å². The van der Waals surface area contributed by atoms with E-state index in [0.717, 1.165) is 29.9 Å². The first-order valence-corrected chi connectivity index (χ1v) is 6.79. The smallest absolute Gasteiger partial charge is 0.227 e. The van der Waals surface area contributed by atoms with Gasteiger partial charge in [-0.3, -0.25) is 4.79 Å². The third-order valence-corrected chi connectivity index (χ3v) is 3.98. The van der Waals surface area contributed by atoms with Crippen LogP contribution < -0.4 is 20.5 Å². The third-order valence-electron chi connectivity index (χ3n) is 3.98. The third kappa shape index (κ3) is 2.72. The van der Waals surface area contributed by atoms with Gasteiger partial charge in [0.05, 0.1) is 25.7 Å². The molecule has 3 N–H and O–H groups in total. The minimum absolute atomic E-state index is 0.0253. The summed E-state index contributed by atoms with van der Waals surface area (Å²) in [5.41, 5.74) is 6.23. The van der Waals surface area contributed by atoms with E-state index >= 15 is 0 Å². The topological polar surface area (TPSA) is 73.6 Å². The van der Waals surface area contributed by atoms with E-state index in [9.17, 15) is 4.79 Å². The molecule has 0 saturated heterocycles. The summed E-state index contributed by atoms with van der Waals surface area (Å²) in [6.07, 6.45) is 1.74. The number of hydrogen-bond acceptors (Lipinski definition) is 4. The molecule has 1 atom stereocenters. The summed E-state index contributed by atoms with van der Waals surface area (Å²) in [5.74, 6) is 1.50. The summed E-state index contributed by atoms with van der Waals surface area (Å²) in [6.45, 7) is 2.34. The minimum atomic E-state index is -0.347. The van der Waals surface area contributed by atoms with Crippen molar-refractivity contribution in [3.05, 3.63) is 23.8 Å². The molecular weight excluding hydrogens is 256 g/mol. The lowest BCUT2D eigenvalue weighted by Crippen LogP contribution is -2.38. The van der Waals surface area contributed by atoms with Crippen LogP contribution in [0.3, 0.4) is 0 Å². The van der Waals surface area contributed by atoms with Gasteiger partial charge in [-0.2, -0.15) is 0 Å². The largest absolute Gasteiger partial charge is 0.497 e. The average Bonchev–Trinajstić information content (AvgIpc) is 3.27.